The number of carbonyl (C=O) groups is 1. The normalized spacial score (nSPS) is 15.4. The molecule has 0 N–H and O–H groups in total. The van der Waals surface area contributed by atoms with Crippen LogP contribution in [0.5, 0.6) is 5.75 Å². The van der Waals surface area contributed by atoms with E-state index < -0.39 is 0 Å². The van der Waals surface area contributed by atoms with Crippen molar-refractivity contribution in [2.45, 2.75) is 60.0 Å². The van der Waals surface area contributed by atoms with Crippen LogP contribution in [0.15, 0.2) is 18.2 Å². The maximum absolute atomic E-state index is 12.9. The van der Waals surface area contributed by atoms with Crippen molar-refractivity contribution in [3.05, 3.63) is 44.9 Å². The molecule has 27 heavy (non-hydrogen) atoms. The SMILES string of the molecule is Cc1ccc(C)c(OC2CCN(C(=O)c3sc(CC(C)C)nc3C)CC2)c1. The number of piperidine rings is 1. The third-order valence-corrected chi connectivity index (χ3v) is 6.15. The van der Waals surface area contributed by atoms with Gasteiger partial charge < -0.3 is 9.64 Å². The van der Waals surface area contributed by atoms with Crippen molar-refractivity contribution >= 4 is 17.2 Å². The summed E-state index contributed by atoms with van der Waals surface area (Å²) in [6.45, 7) is 11.9. The minimum absolute atomic E-state index is 0.130. The Morgan fingerprint density at radius 2 is 1.96 bits per heavy atom. The molecule has 0 spiro atoms. The van der Waals surface area contributed by atoms with Crippen LogP contribution < -0.4 is 4.74 Å². The Morgan fingerprint density at radius 1 is 1.26 bits per heavy atom. The number of benzene rings is 1. The third-order valence-electron chi connectivity index (χ3n) is 4.98. The zero-order valence-electron chi connectivity index (χ0n) is 17.0. The molecule has 2 aromatic rings. The minimum atomic E-state index is 0.130. The van der Waals surface area contributed by atoms with Crippen LogP contribution in [0.2, 0.25) is 0 Å². The van der Waals surface area contributed by atoms with Crippen LogP contribution in [0.25, 0.3) is 0 Å². The Morgan fingerprint density at radius 3 is 2.63 bits per heavy atom. The second kappa shape index (κ2) is 8.42. The summed E-state index contributed by atoms with van der Waals surface area (Å²) in [6.07, 6.45) is 2.85. The Kier molecular flexibility index (Phi) is 6.20. The van der Waals surface area contributed by atoms with E-state index in [2.05, 4.69) is 50.9 Å². The maximum atomic E-state index is 12.9. The summed E-state index contributed by atoms with van der Waals surface area (Å²) in [5.41, 5.74) is 3.24. The van der Waals surface area contributed by atoms with Gasteiger partial charge in [-0.3, -0.25) is 4.79 Å². The van der Waals surface area contributed by atoms with Crippen molar-refractivity contribution < 1.29 is 9.53 Å². The van der Waals surface area contributed by atoms with Crippen molar-refractivity contribution in [2.75, 3.05) is 13.1 Å². The first-order valence-corrected chi connectivity index (χ1v) is 10.6. The summed E-state index contributed by atoms with van der Waals surface area (Å²) in [4.78, 5) is 20.3. The molecule has 2 heterocycles. The number of ether oxygens (including phenoxy) is 1. The quantitative estimate of drug-likeness (QED) is 0.730. The molecule has 1 fully saturated rings. The lowest BCUT2D eigenvalue weighted by molar-refractivity contribution is 0.0598. The molecule has 5 heteroatoms. The smallest absolute Gasteiger partial charge is 0.265 e. The molecule has 3 rings (SSSR count). The Labute approximate surface area is 166 Å². The molecule has 1 aromatic carbocycles. The molecule has 1 aliphatic rings. The van der Waals surface area contributed by atoms with E-state index in [0.717, 1.165) is 59.2 Å². The van der Waals surface area contributed by atoms with Gasteiger partial charge in [0.1, 0.15) is 16.7 Å². The van der Waals surface area contributed by atoms with Crippen LogP contribution in [-0.4, -0.2) is 35.0 Å². The maximum Gasteiger partial charge on any atom is 0.265 e. The van der Waals surface area contributed by atoms with Crippen LogP contribution in [0.4, 0.5) is 0 Å². The Bertz CT molecular complexity index is 805. The van der Waals surface area contributed by atoms with E-state index in [1.165, 1.54) is 5.56 Å². The molecule has 4 nitrogen and oxygen atoms in total. The number of aryl methyl sites for hydroxylation is 3. The Hall–Kier alpha value is -1.88. The molecule has 0 radical (unpaired) electrons. The third kappa shape index (κ3) is 4.89. The summed E-state index contributed by atoms with van der Waals surface area (Å²) in [6, 6.07) is 6.31. The van der Waals surface area contributed by atoms with Gasteiger partial charge in [-0.25, -0.2) is 4.98 Å². The first-order valence-electron chi connectivity index (χ1n) is 9.83. The van der Waals surface area contributed by atoms with Gasteiger partial charge in [-0.05, 0) is 43.9 Å². The fourth-order valence-corrected chi connectivity index (χ4v) is 4.67. The van der Waals surface area contributed by atoms with Gasteiger partial charge in [-0.2, -0.15) is 0 Å². The van der Waals surface area contributed by atoms with Gasteiger partial charge in [0.15, 0.2) is 0 Å². The standard InChI is InChI=1S/C22H30N2O2S/c1-14(2)12-20-23-17(5)21(27-20)22(25)24-10-8-18(9-11-24)26-19-13-15(3)6-7-16(19)4/h6-7,13-14,18H,8-12H2,1-5H3. The van der Waals surface area contributed by atoms with Gasteiger partial charge in [0.05, 0.1) is 10.7 Å². The van der Waals surface area contributed by atoms with Crippen LogP contribution in [0, 0.1) is 26.7 Å². The summed E-state index contributed by atoms with van der Waals surface area (Å²) < 4.78 is 6.22. The lowest BCUT2D eigenvalue weighted by Gasteiger charge is -2.32. The lowest BCUT2D eigenvalue weighted by atomic mass is 10.1. The highest BCUT2D eigenvalue weighted by atomic mass is 32.1. The Balaban J connectivity index is 1.59. The number of nitrogens with zero attached hydrogens (tertiary/aromatic N) is 2. The molecular weight excluding hydrogens is 356 g/mol. The second-order valence-electron chi connectivity index (χ2n) is 8.00. The van der Waals surface area contributed by atoms with E-state index in [0.29, 0.717) is 5.92 Å². The number of thiazole rings is 1. The average Bonchev–Trinajstić information content (AvgIpc) is 2.97. The van der Waals surface area contributed by atoms with Gasteiger partial charge in [0.2, 0.25) is 0 Å². The van der Waals surface area contributed by atoms with Crippen molar-refractivity contribution in [2.24, 2.45) is 5.92 Å². The number of rotatable bonds is 5. The van der Waals surface area contributed by atoms with Crippen molar-refractivity contribution in [1.82, 2.24) is 9.88 Å². The molecule has 1 aliphatic heterocycles. The van der Waals surface area contributed by atoms with E-state index in [1.54, 1.807) is 11.3 Å². The van der Waals surface area contributed by atoms with E-state index >= 15 is 0 Å². The summed E-state index contributed by atoms with van der Waals surface area (Å²) in [5, 5.41) is 1.07. The first kappa shape index (κ1) is 19.9. The van der Waals surface area contributed by atoms with E-state index in [-0.39, 0.29) is 12.0 Å². The molecule has 1 amide bonds. The van der Waals surface area contributed by atoms with Crippen LogP contribution >= 0.6 is 11.3 Å². The van der Waals surface area contributed by atoms with Gasteiger partial charge in [0.25, 0.3) is 5.91 Å². The highest BCUT2D eigenvalue weighted by Gasteiger charge is 2.27. The number of hydrogen-bond donors (Lipinski definition) is 0. The highest BCUT2D eigenvalue weighted by Crippen LogP contribution is 2.26. The molecule has 0 saturated carbocycles. The number of hydrogen-bond acceptors (Lipinski definition) is 4. The molecule has 0 bridgehead atoms. The molecule has 1 saturated heterocycles. The van der Waals surface area contributed by atoms with Gasteiger partial charge >= 0.3 is 0 Å². The zero-order chi connectivity index (χ0) is 19.6. The average molecular weight is 387 g/mol. The lowest BCUT2D eigenvalue weighted by Crippen LogP contribution is -2.41. The van der Waals surface area contributed by atoms with Gasteiger partial charge in [0, 0.05) is 32.4 Å². The van der Waals surface area contributed by atoms with E-state index in [9.17, 15) is 4.79 Å². The molecule has 0 unspecified atom stereocenters. The van der Waals surface area contributed by atoms with Crippen molar-refractivity contribution in [3.63, 3.8) is 0 Å². The van der Waals surface area contributed by atoms with Crippen LogP contribution in [-0.2, 0) is 6.42 Å². The largest absolute Gasteiger partial charge is 0.490 e. The summed E-state index contributed by atoms with van der Waals surface area (Å²) in [5.74, 6) is 1.65. The second-order valence-corrected chi connectivity index (χ2v) is 9.08. The van der Waals surface area contributed by atoms with E-state index in [1.807, 2.05) is 11.8 Å². The van der Waals surface area contributed by atoms with Crippen LogP contribution in [0.3, 0.4) is 0 Å². The van der Waals surface area contributed by atoms with Crippen LogP contribution in [0.1, 0.15) is 58.2 Å². The number of likely N-dealkylation sites (tertiary alicyclic amines) is 1. The zero-order valence-corrected chi connectivity index (χ0v) is 17.9. The van der Waals surface area contributed by atoms with Gasteiger partial charge in [-0.1, -0.05) is 26.0 Å². The van der Waals surface area contributed by atoms with Crippen molar-refractivity contribution in [1.29, 1.82) is 0 Å². The summed E-state index contributed by atoms with van der Waals surface area (Å²) in [7, 11) is 0. The molecule has 146 valence electrons. The monoisotopic (exact) mass is 386 g/mol. The first-order chi connectivity index (χ1) is 12.8. The van der Waals surface area contributed by atoms with E-state index in [4.69, 9.17) is 4.74 Å². The summed E-state index contributed by atoms with van der Waals surface area (Å²) >= 11 is 1.56. The number of amides is 1. The number of aromatic nitrogens is 1. The fraction of sp³-hybridized carbons (Fsp3) is 0.545. The predicted molar refractivity (Wildman–Crippen MR) is 111 cm³/mol. The highest BCUT2D eigenvalue weighted by molar-refractivity contribution is 7.13. The van der Waals surface area contributed by atoms with Gasteiger partial charge in [-0.15, -0.1) is 11.3 Å². The molecule has 0 aliphatic carbocycles. The number of carbonyl (C=O) groups excluding carboxylic acids is 1. The molecule has 1 aromatic heterocycles. The fourth-order valence-electron chi connectivity index (χ4n) is 3.42. The molecular formula is C22H30N2O2S. The molecule has 0 atom stereocenters. The topological polar surface area (TPSA) is 42.4 Å². The van der Waals surface area contributed by atoms with Crippen molar-refractivity contribution in [3.8, 4) is 5.75 Å². The minimum Gasteiger partial charge on any atom is -0.490 e. The predicted octanol–water partition coefficient (Wildman–Crippen LogP) is 4.95.